The maximum Gasteiger partial charge on any atom is 0.291 e. The number of aryl methyl sites for hydroxylation is 1. The molecule has 0 aliphatic rings. The summed E-state index contributed by atoms with van der Waals surface area (Å²) >= 11 is 5.82. The highest BCUT2D eigenvalue weighted by Gasteiger charge is 2.13. The molecule has 0 atom stereocenters. The van der Waals surface area contributed by atoms with Crippen molar-refractivity contribution < 1.29 is 4.79 Å². The third-order valence-electron chi connectivity index (χ3n) is 3.43. The van der Waals surface area contributed by atoms with Crippen molar-refractivity contribution >= 4 is 23.7 Å². The second-order valence-electron chi connectivity index (χ2n) is 5.16. The van der Waals surface area contributed by atoms with Gasteiger partial charge in [0.1, 0.15) is 0 Å². The van der Waals surface area contributed by atoms with E-state index in [1.807, 2.05) is 42.5 Å². The summed E-state index contributed by atoms with van der Waals surface area (Å²) < 4.78 is 1.67. The van der Waals surface area contributed by atoms with Gasteiger partial charge in [0.15, 0.2) is 5.69 Å². The van der Waals surface area contributed by atoms with Gasteiger partial charge >= 0.3 is 0 Å². The van der Waals surface area contributed by atoms with Gasteiger partial charge in [0.2, 0.25) is 0 Å². The van der Waals surface area contributed by atoms with Gasteiger partial charge in [0.05, 0.1) is 11.9 Å². The average molecular weight is 339 g/mol. The molecule has 1 amide bonds. The number of amides is 1. The van der Waals surface area contributed by atoms with Crippen molar-refractivity contribution in [3.8, 4) is 11.3 Å². The Hall–Kier alpha value is -2.92. The molecular weight excluding hydrogens is 324 g/mol. The quantitative estimate of drug-likeness (QED) is 0.584. The summed E-state index contributed by atoms with van der Waals surface area (Å²) in [6.45, 7) is 0. The third kappa shape index (κ3) is 3.70. The number of rotatable bonds is 4. The zero-order valence-electron chi connectivity index (χ0n) is 13.0. The van der Waals surface area contributed by atoms with Crippen LogP contribution in [0.5, 0.6) is 0 Å². The fraction of sp³-hybridized carbons (Fsp3) is 0.0556. The van der Waals surface area contributed by atoms with Gasteiger partial charge in [0, 0.05) is 12.1 Å². The predicted octanol–water partition coefficient (Wildman–Crippen LogP) is 3.50. The van der Waals surface area contributed by atoms with E-state index in [1.165, 1.54) is 0 Å². The Morgan fingerprint density at radius 3 is 2.58 bits per heavy atom. The Kier molecular flexibility index (Phi) is 4.72. The molecule has 120 valence electrons. The van der Waals surface area contributed by atoms with Crippen molar-refractivity contribution in [2.75, 3.05) is 0 Å². The third-order valence-corrected chi connectivity index (χ3v) is 3.68. The summed E-state index contributed by atoms with van der Waals surface area (Å²) in [5, 5.41) is 8.83. The number of hydrogen-bond acceptors (Lipinski definition) is 3. The molecule has 0 radical (unpaired) electrons. The molecule has 0 aliphatic carbocycles. The lowest BCUT2D eigenvalue weighted by molar-refractivity contribution is 0.0949. The molecule has 1 N–H and O–H groups in total. The van der Waals surface area contributed by atoms with Gasteiger partial charge in [-0.2, -0.15) is 10.2 Å². The maximum atomic E-state index is 12.2. The average Bonchev–Trinajstić information content (AvgIpc) is 2.99. The van der Waals surface area contributed by atoms with Crippen LogP contribution in [0.1, 0.15) is 16.1 Å². The largest absolute Gasteiger partial charge is 0.291 e. The number of nitrogens with one attached hydrogen (secondary N) is 1. The molecule has 0 aliphatic heterocycles. The normalized spacial score (nSPS) is 10.9. The fourth-order valence-electron chi connectivity index (χ4n) is 2.23. The number of halogens is 1. The van der Waals surface area contributed by atoms with E-state index in [4.69, 9.17) is 11.6 Å². The first-order valence-corrected chi connectivity index (χ1v) is 7.70. The number of hydrazone groups is 1. The number of nitrogens with zero attached hydrogens (tertiary/aromatic N) is 3. The van der Waals surface area contributed by atoms with E-state index in [0.29, 0.717) is 10.7 Å². The molecule has 0 saturated heterocycles. The number of aromatic nitrogens is 2. The van der Waals surface area contributed by atoms with Crippen LogP contribution in [-0.4, -0.2) is 21.9 Å². The molecule has 0 saturated carbocycles. The van der Waals surface area contributed by atoms with E-state index < -0.39 is 0 Å². The van der Waals surface area contributed by atoms with Gasteiger partial charge < -0.3 is 0 Å². The van der Waals surface area contributed by atoms with Crippen LogP contribution in [0.2, 0.25) is 5.02 Å². The van der Waals surface area contributed by atoms with Crippen LogP contribution in [0, 0.1) is 0 Å². The molecule has 3 aromatic rings. The Morgan fingerprint density at radius 2 is 1.88 bits per heavy atom. The summed E-state index contributed by atoms with van der Waals surface area (Å²) in [4.78, 5) is 12.2. The van der Waals surface area contributed by atoms with Crippen LogP contribution >= 0.6 is 11.6 Å². The minimum absolute atomic E-state index is 0.310. The minimum Gasteiger partial charge on any atom is -0.267 e. The number of carbonyl (C=O) groups is 1. The molecule has 1 heterocycles. The van der Waals surface area contributed by atoms with E-state index in [0.717, 1.165) is 16.8 Å². The number of benzene rings is 2. The van der Waals surface area contributed by atoms with Gasteiger partial charge in [-0.15, -0.1) is 0 Å². The lowest BCUT2D eigenvalue weighted by atomic mass is 10.1. The smallest absolute Gasteiger partial charge is 0.267 e. The second kappa shape index (κ2) is 7.10. The van der Waals surface area contributed by atoms with Crippen LogP contribution in [0.15, 0.2) is 65.8 Å². The molecule has 0 unspecified atom stereocenters. The molecule has 0 spiro atoms. The van der Waals surface area contributed by atoms with Crippen molar-refractivity contribution in [3.63, 3.8) is 0 Å². The van der Waals surface area contributed by atoms with E-state index in [-0.39, 0.29) is 5.91 Å². The van der Waals surface area contributed by atoms with Gasteiger partial charge in [-0.25, -0.2) is 5.43 Å². The summed E-state index contributed by atoms with van der Waals surface area (Å²) in [7, 11) is 1.80. The maximum absolute atomic E-state index is 12.2. The fourth-order valence-corrected chi connectivity index (χ4v) is 2.35. The van der Waals surface area contributed by atoms with E-state index in [1.54, 1.807) is 36.1 Å². The highest BCUT2D eigenvalue weighted by Crippen LogP contribution is 2.19. The van der Waals surface area contributed by atoms with Crippen LogP contribution in [0.3, 0.4) is 0 Å². The predicted molar refractivity (Wildman–Crippen MR) is 95.2 cm³/mol. The van der Waals surface area contributed by atoms with Crippen molar-refractivity contribution in [2.45, 2.75) is 0 Å². The molecule has 3 rings (SSSR count). The molecular formula is C18H15ClN4O. The molecule has 2 aromatic carbocycles. The van der Waals surface area contributed by atoms with Crippen molar-refractivity contribution in [2.24, 2.45) is 12.1 Å². The van der Waals surface area contributed by atoms with Crippen molar-refractivity contribution in [3.05, 3.63) is 76.9 Å². The first kappa shape index (κ1) is 16.0. The summed E-state index contributed by atoms with van der Waals surface area (Å²) in [5.74, 6) is -0.363. The van der Waals surface area contributed by atoms with Crippen LogP contribution < -0.4 is 5.43 Å². The number of hydrogen-bond donors (Lipinski definition) is 1. The standard InChI is InChI=1S/C18H15ClN4O/c1-23-17(14-5-3-2-4-6-14)11-16(22-23)18(24)21-20-12-13-7-9-15(19)10-8-13/h2-12H,1H3,(H,21,24)/b20-12-. The van der Waals surface area contributed by atoms with Gasteiger partial charge in [0.25, 0.3) is 5.91 Å². The van der Waals surface area contributed by atoms with Crippen LogP contribution in [0.4, 0.5) is 0 Å². The first-order valence-electron chi connectivity index (χ1n) is 7.32. The van der Waals surface area contributed by atoms with Gasteiger partial charge in [-0.1, -0.05) is 54.1 Å². The van der Waals surface area contributed by atoms with Crippen molar-refractivity contribution in [1.29, 1.82) is 0 Å². The topological polar surface area (TPSA) is 59.3 Å². The molecule has 0 bridgehead atoms. The molecule has 1 aromatic heterocycles. The monoisotopic (exact) mass is 338 g/mol. The lowest BCUT2D eigenvalue weighted by Crippen LogP contribution is -2.18. The minimum atomic E-state index is -0.363. The molecule has 5 nitrogen and oxygen atoms in total. The summed E-state index contributed by atoms with van der Waals surface area (Å²) in [6.07, 6.45) is 1.55. The Labute approximate surface area is 144 Å². The molecule has 24 heavy (non-hydrogen) atoms. The van der Waals surface area contributed by atoms with Crippen molar-refractivity contribution in [1.82, 2.24) is 15.2 Å². The van der Waals surface area contributed by atoms with E-state index in [2.05, 4.69) is 15.6 Å². The SMILES string of the molecule is Cn1nc(C(=O)N/N=C\c2ccc(Cl)cc2)cc1-c1ccccc1. The highest BCUT2D eigenvalue weighted by atomic mass is 35.5. The first-order chi connectivity index (χ1) is 11.6. The Balaban J connectivity index is 1.71. The molecule has 6 heteroatoms. The highest BCUT2D eigenvalue weighted by molar-refractivity contribution is 6.30. The van der Waals surface area contributed by atoms with Gasteiger partial charge in [-0.3, -0.25) is 9.48 Å². The lowest BCUT2D eigenvalue weighted by Gasteiger charge is -1.99. The second-order valence-corrected chi connectivity index (χ2v) is 5.59. The van der Waals surface area contributed by atoms with Crippen LogP contribution in [-0.2, 0) is 7.05 Å². The zero-order chi connectivity index (χ0) is 16.9. The number of carbonyl (C=O) groups excluding carboxylic acids is 1. The Morgan fingerprint density at radius 1 is 1.17 bits per heavy atom. The molecule has 0 fully saturated rings. The summed E-state index contributed by atoms with van der Waals surface area (Å²) in [6, 6.07) is 18.6. The van der Waals surface area contributed by atoms with E-state index >= 15 is 0 Å². The zero-order valence-corrected chi connectivity index (χ0v) is 13.7. The van der Waals surface area contributed by atoms with Crippen LogP contribution in [0.25, 0.3) is 11.3 Å². The van der Waals surface area contributed by atoms with Gasteiger partial charge in [-0.05, 0) is 29.3 Å². The van der Waals surface area contributed by atoms with E-state index in [9.17, 15) is 4.79 Å². The summed E-state index contributed by atoms with van der Waals surface area (Å²) in [5.41, 5.74) is 5.48. The Bertz CT molecular complexity index is 870.